The maximum Gasteiger partial charge on any atom is 0.282 e. The van der Waals surface area contributed by atoms with Crippen molar-refractivity contribution < 1.29 is 18.3 Å². The number of piperazine rings is 1. The van der Waals surface area contributed by atoms with Crippen molar-refractivity contribution in [2.75, 3.05) is 39.3 Å². The molecule has 1 aliphatic rings. The van der Waals surface area contributed by atoms with Gasteiger partial charge in [0.1, 0.15) is 5.75 Å². The molecular formula is C18H29N3O4S. The van der Waals surface area contributed by atoms with Gasteiger partial charge in [-0.05, 0) is 23.6 Å². The third-order valence-electron chi connectivity index (χ3n) is 4.80. The molecule has 146 valence electrons. The smallest absolute Gasteiger partial charge is 0.282 e. The minimum Gasteiger partial charge on any atom is -0.507 e. The average molecular weight is 384 g/mol. The maximum absolute atomic E-state index is 12.7. The Morgan fingerprint density at radius 1 is 1.15 bits per heavy atom. The molecule has 26 heavy (non-hydrogen) atoms. The Bertz CT molecular complexity index is 737. The molecule has 0 atom stereocenters. The molecule has 1 saturated heterocycles. The van der Waals surface area contributed by atoms with Gasteiger partial charge in [0.05, 0.1) is 5.56 Å². The standard InChI is InChI=1S/C18H29N3O4S/c1-5-20(6-2)26(24,25)21-11-9-19(10-12-21)18(23)16-8-7-15(14(3)4)13-17(16)22/h7-8,13-14,22H,5-6,9-12H2,1-4H3. The number of aromatic hydroxyl groups is 1. The number of carbonyl (C=O) groups is 1. The quantitative estimate of drug-likeness (QED) is 0.813. The molecule has 0 aliphatic carbocycles. The van der Waals surface area contributed by atoms with Crippen LogP contribution >= 0.6 is 0 Å². The van der Waals surface area contributed by atoms with E-state index < -0.39 is 10.2 Å². The summed E-state index contributed by atoms with van der Waals surface area (Å²) in [6.07, 6.45) is 0. The molecule has 0 spiro atoms. The molecule has 1 amide bonds. The Balaban J connectivity index is 2.07. The van der Waals surface area contributed by atoms with E-state index in [1.165, 1.54) is 8.61 Å². The molecule has 8 heteroatoms. The molecule has 7 nitrogen and oxygen atoms in total. The SMILES string of the molecule is CCN(CC)S(=O)(=O)N1CCN(C(=O)c2ccc(C(C)C)cc2O)CC1. The van der Waals surface area contributed by atoms with Gasteiger partial charge in [-0.3, -0.25) is 4.79 Å². The number of benzene rings is 1. The first kappa shape index (κ1) is 20.7. The highest BCUT2D eigenvalue weighted by molar-refractivity contribution is 7.86. The number of phenols is 1. The first-order valence-corrected chi connectivity index (χ1v) is 10.5. The van der Waals surface area contributed by atoms with Gasteiger partial charge < -0.3 is 10.0 Å². The second kappa shape index (κ2) is 8.37. The van der Waals surface area contributed by atoms with Crippen LogP contribution in [-0.2, 0) is 10.2 Å². The lowest BCUT2D eigenvalue weighted by atomic mass is 10.0. The van der Waals surface area contributed by atoms with Gasteiger partial charge in [0.2, 0.25) is 0 Å². The van der Waals surface area contributed by atoms with E-state index in [1.807, 2.05) is 33.8 Å². The van der Waals surface area contributed by atoms with E-state index >= 15 is 0 Å². The zero-order valence-electron chi connectivity index (χ0n) is 16.0. The van der Waals surface area contributed by atoms with Crippen LogP contribution in [0.5, 0.6) is 5.75 Å². The Hall–Kier alpha value is -1.64. The van der Waals surface area contributed by atoms with Gasteiger partial charge in [-0.2, -0.15) is 17.0 Å². The van der Waals surface area contributed by atoms with Gasteiger partial charge in [-0.1, -0.05) is 33.8 Å². The number of carbonyl (C=O) groups excluding carboxylic acids is 1. The fourth-order valence-electron chi connectivity index (χ4n) is 3.09. The van der Waals surface area contributed by atoms with E-state index in [1.54, 1.807) is 17.0 Å². The van der Waals surface area contributed by atoms with Crippen molar-refractivity contribution in [2.45, 2.75) is 33.6 Å². The number of rotatable bonds is 6. The number of nitrogens with zero attached hydrogens (tertiary/aromatic N) is 3. The van der Waals surface area contributed by atoms with Crippen molar-refractivity contribution in [2.24, 2.45) is 0 Å². The Kier molecular flexibility index (Phi) is 6.65. The monoisotopic (exact) mass is 383 g/mol. The molecule has 1 aromatic rings. The number of amides is 1. The average Bonchev–Trinajstić information content (AvgIpc) is 2.62. The zero-order valence-corrected chi connectivity index (χ0v) is 16.8. The number of hydrogen-bond acceptors (Lipinski definition) is 4. The van der Waals surface area contributed by atoms with E-state index in [2.05, 4.69) is 0 Å². The van der Waals surface area contributed by atoms with Crippen molar-refractivity contribution in [3.05, 3.63) is 29.3 Å². The third kappa shape index (κ3) is 4.19. The van der Waals surface area contributed by atoms with Crippen LogP contribution in [0.15, 0.2) is 18.2 Å². The molecule has 0 bridgehead atoms. The van der Waals surface area contributed by atoms with Gasteiger partial charge in [0.15, 0.2) is 0 Å². The number of phenolic OH excluding ortho intramolecular Hbond substituents is 1. The van der Waals surface area contributed by atoms with Crippen LogP contribution in [0, 0.1) is 0 Å². The van der Waals surface area contributed by atoms with E-state index in [0.29, 0.717) is 26.2 Å². The molecule has 0 saturated carbocycles. The van der Waals surface area contributed by atoms with E-state index in [0.717, 1.165) is 5.56 Å². The zero-order chi connectivity index (χ0) is 19.5. The van der Waals surface area contributed by atoms with E-state index in [-0.39, 0.29) is 36.2 Å². The fourth-order valence-corrected chi connectivity index (χ4v) is 4.70. The molecule has 0 unspecified atom stereocenters. The lowest BCUT2D eigenvalue weighted by molar-refractivity contribution is 0.0691. The van der Waals surface area contributed by atoms with Crippen molar-refractivity contribution in [1.82, 2.24) is 13.5 Å². The van der Waals surface area contributed by atoms with Gasteiger partial charge in [0, 0.05) is 39.3 Å². The molecule has 0 radical (unpaired) electrons. The normalized spacial score (nSPS) is 16.5. The van der Waals surface area contributed by atoms with Crippen LogP contribution in [-0.4, -0.2) is 72.2 Å². The van der Waals surface area contributed by atoms with Crippen LogP contribution in [0.4, 0.5) is 0 Å². The molecule has 1 fully saturated rings. The molecule has 1 aromatic carbocycles. The van der Waals surface area contributed by atoms with Gasteiger partial charge in [0.25, 0.3) is 16.1 Å². The number of hydrogen-bond donors (Lipinski definition) is 1. The summed E-state index contributed by atoms with van der Waals surface area (Å²) in [6.45, 7) is 9.65. The first-order valence-electron chi connectivity index (χ1n) is 9.09. The summed E-state index contributed by atoms with van der Waals surface area (Å²) in [6, 6.07) is 5.11. The highest BCUT2D eigenvalue weighted by Gasteiger charge is 2.32. The maximum atomic E-state index is 12.7. The first-order chi connectivity index (χ1) is 12.2. The summed E-state index contributed by atoms with van der Waals surface area (Å²) in [5, 5.41) is 10.2. The minimum absolute atomic E-state index is 0.0283. The van der Waals surface area contributed by atoms with Crippen molar-refractivity contribution in [1.29, 1.82) is 0 Å². The lowest BCUT2D eigenvalue weighted by Crippen LogP contribution is -2.54. The fraction of sp³-hybridized carbons (Fsp3) is 0.611. The Labute approximate surface area is 156 Å². The topological polar surface area (TPSA) is 81.2 Å². The molecular weight excluding hydrogens is 354 g/mol. The predicted octanol–water partition coefficient (Wildman–Crippen LogP) is 1.86. The van der Waals surface area contributed by atoms with Crippen LogP contribution in [0.25, 0.3) is 0 Å². The highest BCUT2D eigenvalue weighted by atomic mass is 32.2. The van der Waals surface area contributed by atoms with Crippen molar-refractivity contribution in [3.8, 4) is 5.75 Å². The Morgan fingerprint density at radius 2 is 1.73 bits per heavy atom. The van der Waals surface area contributed by atoms with E-state index in [9.17, 15) is 18.3 Å². The molecule has 1 N–H and O–H groups in total. The minimum atomic E-state index is -3.48. The molecule has 1 heterocycles. The molecule has 0 aromatic heterocycles. The summed E-state index contributed by atoms with van der Waals surface area (Å²) in [7, 11) is -3.48. The summed E-state index contributed by atoms with van der Waals surface area (Å²) >= 11 is 0. The van der Waals surface area contributed by atoms with Crippen LogP contribution in [0.3, 0.4) is 0 Å². The van der Waals surface area contributed by atoms with Crippen molar-refractivity contribution >= 4 is 16.1 Å². The Morgan fingerprint density at radius 3 is 2.19 bits per heavy atom. The highest BCUT2D eigenvalue weighted by Crippen LogP contribution is 2.25. The summed E-state index contributed by atoms with van der Waals surface area (Å²) in [5.41, 5.74) is 1.23. The molecule has 1 aliphatic heterocycles. The van der Waals surface area contributed by atoms with Crippen LogP contribution in [0.1, 0.15) is 49.5 Å². The van der Waals surface area contributed by atoms with E-state index in [4.69, 9.17) is 0 Å². The summed E-state index contributed by atoms with van der Waals surface area (Å²) in [4.78, 5) is 14.3. The van der Waals surface area contributed by atoms with Crippen molar-refractivity contribution in [3.63, 3.8) is 0 Å². The summed E-state index contributed by atoms with van der Waals surface area (Å²) in [5.74, 6) is -0.0315. The second-order valence-corrected chi connectivity index (χ2v) is 8.64. The van der Waals surface area contributed by atoms with Crippen LogP contribution < -0.4 is 0 Å². The molecule has 2 rings (SSSR count). The summed E-state index contributed by atoms with van der Waals surface area (Å²) < 4.78 is 28.0. The largest absolute Gasteiger partial charge is 0.507 e. The lowest BCUT2D eigenvalue weighted by Gasteiger charge is -2.36. The van der Waals surface area contributed by atoms with Gasteiger partial charge in [-0.25, -0.2) is 0 Å². The van der Waals surface area contributed by atoms with Crippen LogP contribution in [0.2, 0.25) is 0 Å². The van der Waals surface area contributed by atoms with Gasteiger partial charge in [-0.15, -0.1) is 0 Å². The van der Waals surface area contributed by atoms with Gasteiger partial charge >= 0.3 is 0 Å². The second-order valence-electron chi connectivity index (χ2n) is 6.71. The predicted molar refractivity (Wildman–Crippen MR) is 102 cm³/mol. The third-order valence-corrected chi connectivity index (χ3v) is 6.99.